The average Bonchev–Trinajstić information content (AvgIpc) is 2.49. The average molecular weight is 282 g/mol. The van der Waals surface area contributed by atoms with Crippen LogP contribution in [0, 0.1) is 6.92 Å². The Bertz CT molecular complexity index is 703. The standard InChI is InChI=1S/C18H22N2O/c1-3-13-7-4-6-12(2)18(13)20-16-9-5-8-15-14(16)10-11-17(21)19-15/h4,6-7,10-11,16,20H,3,5,8-9H2,1-2H3,(H,19,21). The van der Waals surface area contributed by atoms with Crippen LogP contribution in [-0.4, -0.2) is 4.98 Å². The van der Waals surface area contributed by atoms with E-state index in [2.05, 4.69) is 42.3 Å². The summed E-state index contributed by atoms with van der Waals surface area (Å²) in [6.07, 6.45) is 4.21. The number of fused-ring (bicyclic) bond motifs is 1. The lowest BCUT2D eigenvalue weighted by Gasteiger charge is -2.28. The van der Waals surface area contributed by atoms with Gasteiger partial charge in [0.15, 0.2) is 0 Å². The highest BCUT2D eigenvalue weighted by Gasteiger charge is 2.21. The maximum atomic E-state index is 11.5. The van der Waals surface area contributed by atoms with Gasteiger partial charge in [-0.2, -0.15) is 0 Å². The zero-order valence-corrected chi connectivity index (χ0v) is 12.7. The van der Waals surface area contributed by atoms with Gasteiger partial charge in [-0.1, -0.05) is 25.1 Å². The van der Waals surface area contributed by atoms with E-state index in [9.17, 15) is 4.79 Å². The minimum absolute atomic E-state index is 0.000427. The van der Waals surface area contributed by atoms with Crippen LogP contribution in [0.2, 0.25) is 0 Å². The van der Waals surface area contributed by atoms with Crippen LogP contribution in [-0.2, 0) is 12.8 Å². The highest BCUT2D eigenvalue weighted by atomic mass is 16.1. The number of hydrogen-bond donors (Lipinski definition) is 2. The summed E-state index contributed by atoms with van der Waals surface area (Å²) < 4.78 is 0. The van der Waals surface area contributed by atoms with E-state index in [-0.39, 0.29) is 11.6 Å². The Kier molecular flexibility index (Phi) is 3.82. The van der Waals surface area contributed by atoms with Crippen molar-refractivity contribution in [2.24, 2.45) is 0 Å². The Morgan fingerprint density at radius 3 is 2.95 bits per heavy atom. The summed E-state index contributed by atoms with van der Waals surface area (Å²) in [6, 6.07) is 10.4. The molecule has 1 aromatic heterocycles. The Hall–Kier alpha value is -2.03. The van der Waals surface area contributed by atoms with Crippen LogP contribution in [0.15, 0.2) is 35.1 Å². The molecule has 2 aromatic rings. The number of pyridine rings is 1. The van der Waals surface area contributed by atoms with Crippen LogP contribution >= 0.6 is 0 Å². The molecule has 1 aromatic carbocycles. The lowest BCUT2D eigenvalue weighted by Crippen LogP contribution is -2.22. The summed E-state index contributed by atoms with van der Waals surface area (Å²) in [7, 11) is 0. The number of anilines is 1. The molecule has 0 aliphatic heterocycles. The normalized spacial score (nSPS) is 17.3. The van der Waals surface area contributed by atoms with E-state index in [4.69, 9.17) is 0 Å². The van der Waals surface area contributed by atoms with Gasteiger partial charge in [-0.15, -0.1) is 0 Å². The van der Waals surface area contributed by atoms with Gasteiger partial charge < -0.3 is 10.3 Å². The van der Waals surface area contributed by atoms with E-state index >= 15 is 0 Å². The fourth-order valence-corrected chi connectivity index (χ4v) is 3.25. The number of aromatic nitrogens is 1. The van der Waals surface area contributed by atoms with E-state index in [1.54, 1.807) is 6.07 Å². The first-order chi connectivity index (χ1) is 10.2. The Morgan fingerprint density at radius 2 is 2.14 bits per heavy atom. The summed E-state index contributed by atoms with van der Waals surface area (Å²) in [5.41, 5.74) is 6.23. The molecule has 3 rings (SSSR count). The van der Waals surface area contributed by atoms with Gasteiger partial charge in [-0.05, 0) is 55.4 Å². The van der Waals surface area contributed by atoms with Crippen LogP contribution in [0.25, 0.3) is 0 Å². The van der Waals surface area contributed by atoms with Gasteiger partial charge in [0.25, 0.3) is 0 Å². The lowest BCUT2D eigenvalue weighted by molar-refractivity contribution is 0.586. The molecule has 0 spiro atoms. The number of hydrogen-bond acceptors (Lipinski definition) is 2. The van der Waals surface area contributed by atoms with Crippen molar-refractivity contribution in [1.29, 1.82) is 0 Å². The van der Waals surface area contributed by atoms with E-state index in [0.717, 1.165) is 31.4 Å². The summed E-state index contributed by atoms with van der Waals surface area (Å²) in [4.78, 5) is 14.5. The number of H-pyrrole nitrogens is 1. The molecule has 1 unspecified atom stereocenters. The Balaban J connectivity index is 1.96. The molecule has 0 fully saturated rings. The first-order valence-electron chi connectivity index (χ1n) is 7.76. The molecule has 0 saturated carbocycles. The van der Waals surface area contributed by atoms with E-state index in [1.807, 2.05) is 6.07 Å². The molecule has 0 saturated heterocycles. The van der Waals surface area contributed by atoms with Gasteiger partial charge in [0.05, 0.1) is 6.04 Å². The largest absolute Gasteiger partial charge is 0.378 e. The minimum Gasteiger partial charge on any atom is -0.378 e. The van der Waals surface area contributed by atoms with E-state index < -0.39 is 0 Å². The van der Waals surface area contributed by atoms with Gasteiger partial charge in [-0.25, -0.2) is 0 Å². The first kappa shape index (κ1) is 13.9. The predicted octanol–water partition coefficient (Wildman–Crippen LogP) is 3.74. The maximum absolute atomic E-state index is 11.5. The number of nitrogens with one attached hydrogen (secondary N) is 2. The fourth-order valence-electron chi connectivity index (χ4n) is 3.25. The molecule has 0 radical (unpaired) electrons. The molecule has 110 valence electrons. The molecule has 2 N–H and O–H groups in total. The maximum Gasteiger partial charge on any atom is 0.248 e. The second-order valence-corrected chi connectivity index (χ2v) is 5.81. The van der Waals surface area contributed by atoms with Crippen molar-refractivity contribution < 1.29 is 0 Å². The molecule has 0 bridgehead atoms. The number of benzene rings is 1. The molecule has 1 heterocycles. The van der Waals surface area contributed by atoms with Crippen LogP contribution in [0.5, 0.6) is 0 Å². The predicted molar refractivity (Wildman–Crippen MR) is 86.9 cm³/mol. The molecule has 1 atom stereocenters. The third-order valence-electron chi connectivity index (χ3n) is 4.39. The summed E-state index contributed by atoms with van der Waals surface area (Å²) in [6.45, 7) is 4.34. The first-order valence-corrected chi connectivity index (χ1v) is 7.76. The van der Waals surface area contributed by atoms with Crippen molar-refractivity contribution in [3.05, 3.63) is 63.1 Å². The molecule has 3 heteroatoms. The highest BCUT2D eigenvalue weighted by molar-refractivity contribution is 5.58. The van der Waals surface area contributed by atoms with Gasteiger partial charge >= 0.3 is 0 Å². The number of aromatic amines is 1. The zero-order valence-electron chi connectivity index (χ0n) is 12.7. The van der Waals surface area contributed by atoms with Crippen molar-refractivity contribution >= 4 is 5.69 Å². The highest BCUT2D eigenvalue weighted by Crippen LogP contribution is 2.33. The number of para-hydroxylation sites is 1. The molecule has 1 aliphatic rings. The quantitative estimate of drug-likeness (QED) is 0.901. The van der Waals surface area contributed by atoms with Crippen LogP contribution in [0.4, 0.5) is 5.69 Å². The van der Waals surface area contributed by atoms with Crippen molar-refractivity contribution in [3.63, 3.8) is 0 Å². The van der Waals surface area contributed by atoms with Crippen molar-refractivity contribution in [2.75, 3.05) is 5.32 Å². The Labute approximate surface area is 125 Å². The fraction of sp³-hybridized carbons (Fsp3) is 0.389. The van der Waals surface area contributed by atoms with Crippen molar-refractivity contribution in [1.82, 2.24) is 4.98 Å². The number of aryl methyl sites for hydroxylation is 3. The van der Waals surface area contributed by atoms with E-state index in [1.165, 1.54) is 22.4 Å². The lowest BCUT2D eigenvalue weighted by atomic mass is 9.90. The molecule has 0 amide bonds. The topological polar surface area (TPSA) is 44.9 Å². The Morgan fingerprint density at radius 1 is 1.29 bits per heavy atom. The second-order valence-electron chi connectivity index (χ2n) is 5.81. The van der Waals surface area contributed by atoms with Crippen molar-refractivity contribution in [3.8, 4) is 0 Å². The summed E-state index contributed by atoms with van der Waals surface area (Å²) in [5, 5.41) is 3.72. The van der Waals surface area contributed by atoms with Gasteiger partial charge in [0, 0.05) is 17.4 Å². The number of rotatable bonds is 3. The third kappa shape index (κ3) is 2.73. The van der Waals surface area contributed by atoms with Gasteiger partial charge in [0.2, 0.25) is 5.56 Å². The van der Waals surface area contributed by atoms with Crippen LogP contribution in [0.1, 0.15) is 48.2 Å². The SMILES string of the molecule is CCc1cccc(C)c1NC1CCCc2[nH]c(=O)ccc21. The second kappa shape index (κ2) is 5.76. The molecule has 3 nitrogen and oxygen atoms in total. The van der Waals surface area contributed by atoms with Crippen LogP contribution < -0.4 is 10.9 Å². The zero-order chi connectivity index (χ0) is 14.8. The smallest absolute Gasteiger partial charge is 0.248 e. The van der Waals surface area contributed by atoms with Crippen LogP contribution in [0.3, 0.4) is 0 Å². The molecular formula is C18H22N2O. The van der Waals surface area contributed by atoms with Gasteiger partial charge in [0.1, 0.15) is 0 Å². The monoisotopic (exact) mass is 282 g/mol. The molecule has 21 heavy (non-hydrogen) atoms. The summed E-state index contributed by atoms with van der Waals surface area (Å²) in [5.74, 6) is 0. The summed E-state index contributed by atoms with van der Waals surface area (Å²) >= 11 is 0. The van der Waals surface area contributed by atoms with E-state index in [0.29, 0.717) is 0 Å². The molecule has 1 aliphatic carbocycles. The van der Waals surface area contributed by atoms with Crippen molar-refractivity contribution in [2.45, 2.75) is 45.6 Å². The third-order valence-corrected chi connectivity index (χ3v) is 4.39. The molecular weight excluding hydrogens is 260 g/mol. The van der Waals surface area contributed by atoms with Gasteiger partial charge in [-0.3, -0.25) is 4.79 Å². The minimum atomic E-state index is -0.000427.